The molecule has 0 rings (SSSR count). The predicted octanol–water partition coefficient (Wildman–Crippen LogP) is 5.00. The zero-order chi connectivity index (χ0) is 12.6. The molecule has 0 aromatic carbocycles. The molecule has 0 amide bonds. The van der Waals surface area contributed by atoms with Crippen LogP contribution in [0.3, 0.4) is 0 Å². The second kappa shape index (κ2) is 8.07. The van der Waals surface area contributed by atoms with Crippen molar-refractivity contribution < 1.29 is 4.43 Å². The second-order valence-corrected chi connectivity index (χ2v) is 10.3. The van der Waals surface area contributed by atoms with E-state index in [9.17, 15) is 0 Å². The second-order valence-electron chi connectivity index (χ2n) is 5.84. The Balaban J connectivity index is 3.88. The minimum Gasteiger partial charge on any atom is -0.411 e. The quantitative estimate of drug-likeness (QED) is 0.314. The highest BCUT2D eigenvalue weighted by molar-refractivity contribution is 6.69. The van der Waals surface area contributed by atoms with E-state index in [-0.39, 0.29) is 6.10 Å². The van der Waals surface area contributed by atoms with Crippen LogP contribution in [-0.4, -0.2) is 14.4 Å². The summed E-state index contributed by atoms with van der Waals surface area (Å²) in [4.78, 5) is 0. The molecule has 0 aliphatic rings. The molecule has 0 fully saturated rings. The van der Waals surface area contributed by atoms with Crippen LogP contribution in [0.15, 0.2) is 12.7 Å². The summed E-state index contributed by atoms with van der Waals surface area (Å²) in [6.07, 6.45) is 8.73. The molecule has 0 N–H and O–H groups in total. The van der Waals surface area contributed by atoms with Gasteiger partial charge in [-0.2, -0.15) is 0 Å². The molecule has 0 heterocycles. The van der Waals surface area contributed by atoms with Crippen LogP contribution in [0.25, 0.3) is 0 Å². The molecular weight excluding hydrogens is 212 g/mol. The third-order valence-corrected chi connectivity index (χ3v) is 3.71. The molecule has 0 bridgehead atoms. The van der Waals surface area contributed by atoms with E-state index in [4.69, 9.17) is 4.43 Å². The monoisotopic (exact) mass is 242 g/mol. The fourth-order valence-corrected chi connectivity index (χ4v) is 3.00. The van der Waals surface area contributed by atoms with Gasteiger partial charge in [0, 0.05) is 0 Å². The summed E-state index contributed by atoms with van der Waals surface area (Å²) < 4.78 is 6.08. The SMILES string of the molecule is C=CC(CC(C)CCCCC)O[Si](C)(C)C. The van der Waals surface area contributed by atoms with E-state index in [2.05, 4.69) is 40.1 Å². The van der Waals surface area contributed by atoms with Gasteiger partial charge < -0.3 is 4.43 Å². The number of hydrogen-bond acceptors (Lipinski definition) is 1. The van der Waals surface area contributed by atoms with Gasteiger partial charge in [-0.05, 0) is 32.0 Å². The fourth-order valence-electron chi connectivity index (χ4n) is 1.90. The molecule has 0 aliphatic carbocycles. The van der Waals surface area contributed by atoms with Crippen molar-refractivity contribution in [3.8, 4) is 0 Å². The first kappa shape index (κ1) is 15.9. The van der Waals surface area contributed by atoms with Crippen LogP contribution < -0.4 is 0 Å². The van der Waals surface area contributed by atoms with Crippen molar-refractivity contribution in [2.75, 3.05) is 0 Å². The van der Waals surface area contributed by atoms with E-state index < -0.39 is 8.32 Å². The normalized spacial score (nSPS) is 15.8. The summed E-state index contributed by atoms with van der Waals surface area (Å²) >= 11 is 0. The number of hydrogen-bond donors (Lipinski definition) is 0. The summed E-state index contributed by atoms with van der Waals surface area (Å²) in [6, 6.07) is 0. The van der Waals surface area contributed by atoms with Gasteiger partial charge >= 0.3 is 0 Å². The Morgan fingerprint density at radius 2 is 1.88 bits per heavy atom. The standard InChI is InChI=1S/C14H30OSi/c1-7-9-10-11-13(3)12-14(8-2)15-16(4,5)6/h8,13-14H,2,7,9-12H2,1,3-6H3. The first-order valence-electron chi connectivity index (χ1n) is 6.69. The third kappa shape index (κ3) is 9.17. The first-order chi connectivity index (χ1) is 7.39. The minimum absolute atomic E-state index is 0.267. The maximum Gasteiger partial charge on any atom is 0.184 e. The highest BCUT2D eigenvalue weighted by Crippen LogP contribution is 2.19. The van der Waals surface area contributed by atoms with Gasteiger partial charge in [0.2, 0.25) is 0 Å². The Labute approximate surface area is 103 Å². The largest absolute Gasteiger partial charge is 0.411 e. The van der Waals surface area contributed by atoms with Crippen molar-refractivity contribution in [3.05, 3.63) is 12.7 Å². The molecule has 96 valence electrons. The summed E-state index contributed by atoms with van der Waals surface area (Å²) in [7, 11) is -1.42. The van der Waals surface area contributed by atoms with Crippen LogP contribution >= 0.6 is 0 Å². The van der Waals surface area contributed by atoms with Crippen LogP contribution in [0.1, 0.15) is 46.0 Å². The van der Waals surface area contributed by atoms with Crippen LogP contribution in [-0.2, 0) is 4.43 Å². The number of rotatable bonds is 9. The molecule has 0 radical (unpaired) electrons. The van der Waals surface area contributed by atoms with Crippen molar-refractivity contribution in [3.63, 3.8) is 0 Å². The van der Waals surface area contributed by atoms with E-state index in [0.717, 1.165) is 12.3 Å². The lowest BCUT2D eigenvalue weighted by atomic mass is 9.97. The molecule has 0 spiro atoms. The van der Waals surface area contributed by atoms with Gasteiger partial charge in [0.05, 0.1) is 6.10 Å². The Bertz CT molecular complexity index is 184. The van der Waals surface area contributed by atoms with Gasteiger partial charge in [0.15, 0.2) is 8.32 Å². The smallest absolute Gasteiger partial charge is 0.184 e. The molecule has 2 unspecified atom stereocenters. The number of unbranched alkanes of at least 4 members (excludes halogenated alkanes) is 2. The van der Waals surface area contributed by atoms with Crippen molar-refractivity contribution >= 4 is 8.32 Å². The highest BCUT2D eigenvalue weighted by atomic mass is 28.4. The minimum atomic E-state index is -1.42. The maximum atomic E-state index is 6.08. The maximum absolute atomic E-state index is 6.08. The van der Waals surface area contributed by atoms with Crippen molar-refractivity contribution in [1.82, 2.24) is 0 Å². The Morgan fingerprint density at radius 3 is 2.31 bits per heavy atom. The topological polar surface area (TPSA) is 9.23 Å². The summed E-state index contributed by atoms with van der Waals surface area (Å²) in [5.41, 5.74) is 0. The molecule has 0 aliphatic heterocycles. The van der Waals surface area contributed by atoms with Gasteiger partial charge in [-0.25, -0.2) is 0 Å². The van der Waals surface area contributed by atoms with E-state index in [0.29, 0.717) is 0 Å². The average Bonchev–Trinajstić information content (AvgIpc) is 2.15. The molecule has 16 heavy (non-hydrogen) atoms. The van der Waals surface area contributed by atoms with Crippen molar-refractivity contribution in [2.24, 2.45) is 5.92 Å². The molecule has 2 atom stereocenters. The van der Waals surface area contributed by atoms with Crippen LogP contribution in [0, 0.1) is 5.92 Å². The Hall–Kier alpha value is -0.0831. The van der Waals surface area contributed by atoms with E-state index in [1.165, 1.54) is 25.7 Å². The van der Waals surface area contributed by atoms with Crippen LogP contribution in [0.5, 0.6) is 0 Å². The van der Waals surface area contributed by atoms with Crippen molar-refractivity contribution in [1.29, 1.82) is 0 Å². The van der Waals surface area contributed by atoms with E-state index >= 15 is 0 Å². The van der Waals surface area contributed by atoms with Crippen LogP contribution in [0.4, 0.5) is 0 Å². The van der Waals surface area contributed by atoms with Gasteiger partial charge in [-0.15, -0.1) is 6.58 Å². The van der Waals surface area contributed by atoms with Gasteiger partial charge in [-0.1, -0.05) is 45.6 Å². The lowest BCUT2D eigenvalue weighted by molar-refractivity contribution is 0.204. The molecular formula is C14H30OSi. The molecule has 1 nitrogen and oxygen atoms in total. The van der Waals surface area contributed by atoms with Crippen molar-refractivity contribution in [2.45, 2.75) is 71.7 Å². The van der Waals surface area contributed by atoms with Crippen LogP contribution in [0.2, 0.25) is 19.6 Å². The molecule has 0 saturated heterocycles. The molecule has 0 aromatic heterocycles. The predicted molar refractivity (Wildman–Crippen MR) is 76.3 cm³/mol. The zero-order valence-electron chi connectivity index (χ0n) is 11.9. The fraction of sp³-hybridized carbons (Fsp3) is 0.857. The molecule has 2 heteroatoms. The zero-order valence-corrected chi connectivity index (χ0v) is 12.9. The van der Waals surface area contributed by atoms with E-state index in [1.807, 2.05) is 6.08 Å². The summed E-state index contributed by atoms with van der Waals surface area (Å²) in [5, 5.41) is 0. The lowest BCUT2D eigenvalue weighted by Gasteiger charge is -2.26. The summed E-state index contributed by atoms with van der Waals surface area (Å²) in [6.45, 7) is 15.2. The highest BCUT2D eigenvalue weighted by Gasteiger charge is 2.20. The molecule has 0 aromatic rings. The Morgan fingerprint density at radius 1 is 1.25 bits per heavy atom. The Kier molecular flexibility index (Phi) is 8.03. The average molecular weight is 242 g/mol. The van der Waals surface area contributed by atoms with Gasteiger partial charge in [-0.3, -0.25) is 0 Å². The lowest BCUT2D eigenvalue weighted by Crippen LogP contribution is -2.31. The van der Waals surface area contributed by atoms with Gasteiger partial charge in [0.1, 0.15) is 0 Å². The summed E-state index contributed by atoms with van der Waals surface area (Å²) in [5.74, 6) is 0.755. The third-order valence-electron chi connectivity index (χ3n) is 2.70. The molecule has 0 saturated carbocycles. The van der Waals surface area contributed by atoms with Gasteiger partial charge in [0.25, 0.3) is 0 Å². The van der Waals surface area contributed by atoms with E-state index in [1.54, 1.807) is 0 Å². The first-order valence-corrected chi connectivity index (χ1v) is 10.1.